The second-order valence-corrected chi connectivity index (χ2v) is 8.14. The Hall–Kier alpha value is -4.05. The van der Waals surface area contributed by atoms with Crippen LogP contribution >= 0.6 is 0 Å². The van der Waals surface area contributed by atoms with E-state index in [2.05, 4.69) is 32.4 Å². The lowest BCUT2D eigenvalue weighted by atomic mass is 10.0. The number of anilines is 1. The Morgan fingerprint density at radius 1 is 1.09 bits per heavy atom. The van der Waals surface area contributed by atoms with Crippen LogP contribution < -0.4 is 10.6 Å². The third kappa shape index (κ3) is 7.25. The number of carboxylic acids is 1. The van der Waals surface area contributed by atoms with Gasteiger partial charge in [-0.15, -0.1) is 0 Å². The summed E-state index contributed by atoms with van der Waals surface area (Å²) in [4.78, 5) is 31.7. The molecule has 0 radical (unpaired) electrons. The summed E-state index contributed by atoms with van der Waals surface area (Å²) in [5.74, 6) is 5.00. The van der Waals surface area contributed by atoms with E-state index in [9.17, 15) is 14.7 Å². The van der Waals surface area contributed by atoms with Gasteiger partial charge in [-0.25, -0.2) is 9.78 Å². The third-order valence-electron chi connectivity index (χ3n) is 5.05. The van der Waals surface area contributed by atoms with Crippen LogP contribution in [0.3, 0.4) is 0 Å². The number of aromatic nitrogens is 2. The van der Waals surface area contributed by atoms with Gasteiger partial charge in [-0.05, 0) is 49.1 Å². The molecule has 0 bridgehead atoms. The first-order valence-corrected chi connectivity index (χ1v) is 10.9. The maximum atomic E-state index is 13.0. The van der Waals surface area contributed by atoms with Crippen LogP contribution in [0, 0.1) is 17.8 Å². The molecule has 3 rings (SSSR count). The van der Waals surface area contributed by atoms with Crippen LogP contribution in [0.25, 0.3) is 0 Å². The highest BCUT2D eigenvalue weighted by molar-refractivity contribution is 5.99. The molecule has 0 unspecified atom stereocenters. The van der Waals surface area contributed by atoms with Gasteiger partial charge in [0.2, 0.25) is 0 Å². The van der Waals surface area contributed by atoms with Crippen LogP contribution in [0.2, 0.25) is 0 Å². The number of H-pyrrole nitrogens is 1. The fourth-order valence-corrected chi connectivity index (χ4v) is 3.19. The largest absolute Gasteiger partial charge is 0.480 e. The number of aromatic amines is 1. The number of carbonyl (C=O) groups is 2. The van der Waals surface area contributed by atoms with Crippen LogP contribution in [0.4, 0.5) is 5.69 Å². The van der Waals surface area contributed by atoms with Gasteiger partial charge in [0.25, 0.3) is 5.91 Å². The first-order chi connectivity index (χ1) is 15.9. The van der Waals surface area contributed by atoms with Crippen molar-refractivity contribution >= 4 is 17.6 Å². The highest BCUT2D eigenvalue weighted by Gasteiger charge is 2.22. The van der Waals surface area contributed by atoms with Crippen molar-refractivity contribution in [2.24, 2.45) is 5.92 Å². The monoisotopic (exact) mass is 444 g/mol. The van der Waals surface area contributed by atoms with E-state index in [1.165, 1.54) is 0 Å². The molecule has 0 saturated carbocycles. The van der Waals surface area contributed by atoms with Crippen LogP contribution in [0.5, 0.6) is 0 Å². The number of nitrogens with zero attached hydrogens (tertiary/aromatic N) is 1. The van der Waals surface area contributed by atoms with Gasteiger partial charge in [0.15, 0.2) is 0 Å². The normalized spacial score (nSPS) is 11.4. The summed E-state index contributed by atoms with van der Waals surface area (Å²) in [5.41, 5.74) is 3.37. The van der Waals surface area contributed by atoms with Crippen LogP contribution in [-0.2, 0) is 11.3 Å². The Balaban J connectivity index is 1.85. The minimum absolute atomic E-state index is 0.335. The van der Waals surface area contributed by atoms with Crippen molar-refractivity contribution in [1.82, 2.24) is 15.3 Å². The van der Waals surface area contributed by atoms with Crippen LogP contribution in [0.1, 0.15) is 53.9 Å². The number of hydrogen-bond acceptors (Lipinski definition) is 4. The van der Waals surface area contributed by atoms with E-state index in [1.54, 1.807) is 30.7 Å². The number of aliphatic carboxylic acids is 1. The topological polar surface area (TPSA) is 107 Å². The second-order valence-electron chi connectivity index (χ2n) is 8.14. The molecule has 1 atom stereocenters. The molecule has 7 nitrogen and oxygen atoms in total. The van der Waals surface area contributed by atoms with Gasteiger partial charge in [-0.2, -0.15) is 0 Å². The number of rotatable bonds is 9. The van der Waals surface area contributed by atoms with E-state index < -0.39 is 17.9 Å². The number of benzene rings is 2. The molecule has 33 heavy (non-hydrogen) atoms. The molecule has 1 heterocycles. The first kappa shape index (κ1) is 23.6. The minimum Gasteiger partial charge on any atom is -0.480 e. The lowest BCUT2D eigenvalue weighted by molar-refractivity contribution is -0.139. The smallest absolute Gasteiger partial charge is 0.326 e. The molecule has 170 valence electrons. The quantitative estimate of drug-likeness (QED) is 0.373. The van der Waals surface area contributed by atoms with E-state index in [1.807, 2.05) is 44.2 Å². The summed E-state index contributed by atoms with van der Waals surface area (Å²) in [6.07, 6.45) is 4.41. The Bertz CT molecular complexity index is 1130. The van der Waals surface area contributed by atoms with Gasteiger partial charge in [0, 0.05) is 23.0 Å². The van der Waals surface area contributed by atoms with Gasteiger partial charge in [-0.1, -0.05) is 43.9 Å². The van der Waals surface area contributed by atoms with Crippen molar-refractivity contribution in [3.63, 3.8) is 0 Å². The Morgan fingerprint density at radius 3 is 2.55 bits per heavy atom. The van der Waals surface area contributed by atoms with Crippen molar-refractivity contribution in [2.75, 3.05) is 5.32 Å². The average molecular weight is 445 g/mol. The van der Waals surface area contributed by atoms with E-state index in [4.69, 9.17) is 0 Å². The lowest BCUT2D eigenvalue weighted by Gasteiger charge is -2.16. The van der Waals surface area contributed by atoms with Gasteiger partial charge >= 0.3 is 5.97 Å². The predicted molar refractivity (Wildman–Crippen MR) is 128 cm³/mol. The number of carbonyl (C=O) groups excluding carboxylic acids is 1. The van der Waals surface area contributed by atoms with E-state index >= 15 is 0 Å². The molecular weight excluding hydrogens is 416 g/mol. The fraction of sp³-hybridized carbons (Fsp3) is 0.269. The maximum Gasteiger partial charge on any atom is 0.326 e. The number of nitrogens with one attached hydrogen (secondary N) is 3. The van der Waals surface area contributed by atoms with Crippen molar-refractivity contribution < 1.29 is 14.7 Å². The summed E-state index contributed by atoms with van der Waals surface area (Å²) < 4.78 is 0. The maximum absolute atomic E-state index is 13.0. The molecule has 3 aromatic rings. The predicted octanol–water partition coefficient (Wildman–Crippen LogP) is 4.04. The molecule has 4 N–H and O–H groups in total. The standard InChI is InChI=1S/C26H28N4O3/c1-18(2)8-13-24(26(32)33)30-25(31)23-12-11-21(28-16-22-15-27-17-29-22)14-20(23)10-9-19-6-4-3-5-7-19/h3-7,11-12,14-15,17-18,24,28H,8,13,16H2,1-2H3,(H,27,29)(H,30,31)(H,32,33)/t24-/m0/s1. The fourth-order valence-electron chi connectivity index (χ4n) is 3.19. The van der Waals surface area contributed by atoms with Crippen LogP contribution in [-0.4, -0.2) is 33.0 Å². The number of carboxylic acid groups (broad SMARTS) is 1. The van der Waals surface area contributed by atoms with E-state index in [-0.39, 0.29) is 0 Å². The zero-order chi connectivity index (χ0) is 23.6. The van der Waals surface area contributed by atoms with Gasteiger partial charge in [0.1, 0.15) is 6.04 Å². The molecular formula is C26H28N4O3. The molecule has 0 fully saturated rings. The lowest BCUT2D eigenvalue weighted by Crippen LogP contribution is -2.41. The van der Waals surface area contributed by atoms with Crippen molar-refractivity contribution in [3.8, 4) is 11.8 Å². The van der Waals surface area contributed by atoms with E-state index in [0.29, 0.717) is 36.4 Å². The molecule has 0 saturated heterocycles. The van der Waals surface area contributed by atoms with Crippen molar-refractivity contribution in [2.45, 2.75) is 39.3 Å². The third-order valence-corrected chi connectivity index (χ3v) is 5.05. The van der Waals surface area contributed by atoms with Crippen molar-refractivity contribution in [1.29, 1.82) is 0 Å². The summed E-state index contributed by atoms with van der Waals surface area (Å²) in [6, 6.07) is 13.8. The SMILES string of the molecule is CC(C)CC[C@H](NC(=O)c1ccc(NCc2cnc[nH]2)cc1C#Cc1ccccc1)C(=O)O. The molecule has 0 aliphatic carbocycles. The molecule has 0 spiro atoms. The summed E-state index contributed by atoms with van der Waals surface area (Å²) in [5, 5.41) is 15.5. The number of amides is 1. The number of hydrogen-bond donors (Lipinski definition) is 4. The molecule has 0 aliphatic rings. The Labute approximate surface area is 193 Å². The second kappa shape index (κ2) is 11.5. The first-order valence-electron chi connectivity index (χ1n) is 10.9. The Morgan fingerprint density at radius 2 is 1.88 bits per heavy atom. The zero-order valence-corrected chi connectivity index (χ0v) is 18.8. The molecule has 1 aromatic heterocycles. The van der Waals surface area contributed by atoms with E-state index in [0.717, 1.165) is 16.9 Å². The molecule has 0 aliphatic heterocycles. The van der Waals surface area contributed by atoms with Gasteiger partial charge in [0.05, 0.1) is 24.1 Å². The summed E-state index contributed by atoms with van der Waals surface area (Å²) in [7, 11) is 0. The van der Waals surface area contributed by atoms with Gasteiger partial charge < -0.3 is 20.7 Å². The minimum atomic E-state index is -1.04. The highest BCUT2D eigenvalue weighted by atomic mass is 16.4. The molecule has 1 amide bonds. The zero-order valence-electron chi connectivity index (χ0n) is 18.8. The van der Waals surface area contributed by atoms with Crippen LogP contribution in [0.15, 0.2) is 61.1 Å². The molecule has 7 heteroatoms. The van der Waals surface area contributed by atoms with Crippen molar-refractivity contribution in [3.05, 3.63) is 83.4 Å². The van der Waals surface area contributed by atoms with Gasteiger partial charge in [-0.3, -0.25) is 4.79 Å². The molecule has 2 aromatic carbocycles. The number of imidazole rings is 1. The summed E-state index contributed by atoms with van der Waals surface area (Å²) in [6.45, 7) is 4.58. The Kier molecular flexibility index (Phi) is 8.25. The average Bonchev–Trinajstić information content (AvgIpc) is 3.33. The highest BCUT2D eigenvalue weighted by Crippen LogP contribution is 2.17. The summed E-state index contributed by atoms with van der Waals surface area (Å²) >= 11 is 0.